The van der Waals surface area contributed by atoms with Crippen LogP contribution in [-0.2, 0) is 21.7 Å². The highest BCUT2D eigenvalue weighted by Crippen LogP contribution is 2.35. The molecule has 0 bridgehead atoms. The van der Waals surface area contributed by atoms with Gasteiger partial charge < -0.3 is 33.3 Å². The van der Waals surface area contributed by atoms with Gasteiger partial charge in [-0.25, -0.2) is 0 Å². The SMILES string of the molecule is COc1cc(OC)c(C=C[S+]([O-])Cc2ccc(OC)c(OCCC(=O)O)c2)c(OC)c1. The average molecular weight is 451 g/mol. The Hall–Kier alpha value is -3.04. The molecule has 0 heterocycles. The quantitative estimate of drug-likeness (QED) is 0.490. The molecule has 31 heavy (non-hydrogen) atoms. The second-order valence-corrected chi connectivity index (χ2v) is 7.57. The summed E-state index contributed by atoms with van der Waals surface area (Å²) in [6, 6.07) is 8.61. The smallest absolute Gasteiger partial charge is 0.306 e. The third-order valence-electron chi connectivity index (χ3n) is 4.25. The van der Waals surface area contributed by atoms with Crippen LogP contribution in [0, 0.1) is 0 Å². The highest BCUT2D eigenvalue weighted by molar-refractivity contribution is 7.93. The Kier molecular flexibility index (Phi) is 9.36. The molecule has 0 aliphatic rings. The summed E-state index contributed by atoms with van der Waals surface area (Å²) in [5.41, 5.74) is 1.40. The lowest BCUT2D eigenvalue weighted by molar-refractivity contribution is -0.137. The molecule has 1 atom stereocenters. The van der Waals surface area contributed by atoms with E-state index in [4.69, 9.17) is 28.8 Å². The van der Waals surface area contributed by atoms with Crippen LogP contribution in [0.1, 0.15) is 17.5 Å². The number of carboxylic acids is 1. The minimum atomic E-state index is -1.34. The van der Waals surface area contributed by atoms with E-state index in [0.717, 1.165) is 5.56 Å². The standard InChI is InChI=1S/C22H26O8S/c1-26-16-12-19(28-3)17(20(13-16)29-4)8-10-31(25)14-15-5-6-18(27-2)21(11-15)30-9-7-22(23)24/h5-6,8,10-13H,7,9,14H2,1-4H3,(H,23,24). The van der Waals surface area contributed by atoms with E-state index in [1.165, 1.54) is 21.3 Å². The summed E-state index contributed by atoms with van der Waals surface area (Å²) >= 11 is -1.34. The summed E-state index contributed by atoms with van der Waals surface area (Å²) in [4.78, 5) is 10.7. The molecule has 1 unspecified atom stereocenters. The average Bonchev–Trinajstić information content (AvgIpc) is 2.77. The maximum absolute atomic E-state index is 12.6. The monoisotopic (exact) mass is 450 g/mol. The lowest BCUT2D eigenvalue weighted by atomic mass is 10.1. The minimum absolute atomic E-state index is 0.00912. The molecule has 0 aliphatic heterocycles. The Labute approximate surface area is 184 Å². The van der Waals surface area contributed by atoms with Crippen LogP contribution in [0.15, 0.2) is 35.7 Å². The van der Waals surface area contributed by atoms with Gasteiger partial charge in [-0.3, -0.25) is 4.79 Å². The molecule has 2 aromatic carbocycles. The molecule has 0 amide bonds. The second-order valence-electron chi connectivity index (χ2n) is 6.25. The Balaban J connectivity index is 2.16. The van der Waals surface area contributed by atoms with Crippen LogP contribution >= 0.6 is 0 Å². The molecule has 9 heteroatoms. The third-order valence-corrected chi connectivity index (χ3v) is 5.31. The van der Waals surface area contributed by atoms with E-state index in [-0.39, 0.29) is 18.8 Å². The lowest BCUT2D eigenvalue weighted by Gasteiger charge is -2.13. The van der Waals surface area contributed by atoms with Crippen molar-refractivity contribution in [3.05, 3.63) is 46.9 Å². The van der Waals surface area contributed by atoms with Gasteiger partial charge in [0.2, 0.25) is 0 Å². The fraction of sp³-hybridized carbons (Fsp3) is 0.318. The molecule has 0 saturated heterocycles. The fourth-order valence-electron chi connectivity index (χ4n) is 2.73. The first kappa shape index (κ1) is 24.2. The van der Waals surface area contributed by atoms with Crippen LogP contribution in [0.5, 0.6) is 28.7 Å². The van der Waals surface area contributed by atoms with Crippen LogP contribution in [-0.4, -0.2) is 50.7 Å². The van der Waals surface area contributed by atoms with Gasteiger partial charge in [-0.15, -0.1) is 0 Å². The summed E-state index contributed by atoms with van der Waals surface area (Å²) in [6.45, 7) is 0.00912. The zero-order chi connectivity index (χ0) is 22.8. The van der Waals surface area contributed by atoms with E-state index in [9.17, 15) is 9.35 Å². The van der Waals surface area contributed by atoms with Gasteiger partial charge in [-0.05, 0) is 23.3 Å². The van der Waals surface area contributed by atoms with Crippen LogP contribution in [0.4, 0.5) is 0 Å². The summed E-state index contributed by atoms with van der Waals surface area (Å²) in [6.07, 6.45) is 1.55. The van der Waals surface area contributed by atoms with E-state index >= 15 is 0 Å². The van der Waals surface area contributed by atoms with E-state index < -0.39 is 17.1 Å². The minimum Gasteiger partial charge on any atom is -0.612 e. The van der Waals surface area contributed by atoms with Gasteiger partial charge in [-0.1, -0.05) is 6.07 Å². The first-order valence-electron chi connectivity index (χ1n) is 9.28. The van der Waals surface area contributed by atoms with Crippen LogP contribution in [0.25, 0.3) is 6.08 Å². The Morgan fingerprint density at radius 2 is 1.61 bits per heavy atom. The van der Waals surface area contributed by atoms with Gasteiger partial charge in [0, 0.05) is 23.8 Å². The van der Waals surface area contributed by atoms with Crippen LogP contribution < -0.4 is 23.7 Å². The highest BCUT2D eigenvalue weighted by Gasteiger charge is 2.14. The number of carboxylic acid groups (broad SMARTS) is 1. The van der Waals surface area contributed by atoms with E-state index in [1.807, 2.05) is 0 Å². The predicted molar refractivity (Wildman–Crippen MR) is 118 cm³/mol. The van der Waals surface area contributed by atoms with Crippen LogP contribution in [0.3, 0.4) is 0 Å². The topological polar surface area (TPSA) is 107 Å². The van der Waals surface area contributed by atoms with Crippen molar-refractivity contribution >= 4 is 23.2 Å². The van der Waals surface area contributed by atoms with Crippen molar-refractivity contribution in [2.75, 3.05) is 35.0 Å². The lowest BCUT2D eigenvalue weighted by Crippen LogP contribution is -2.06. The molecule has 0 saturated carbocycles. The number of hydrogen-bond donors (Lipinski definition) is 1. The number of aliphatic carboxylic acids is 1. The molecule has 2 rings (SSSR count). The zero-order valence-electron chi connectivity index (χ0n) is 17.9. The van der Waals surface area contributed by atoms with Gasteiger partial charge in [0.1, 0.15) is 28.4 Å². The molecule has 0 radical (unpaired) electrons. The number of benzene rings is 2. The molecule has 0 aromatic heterocycles. The third kappa shape index (κ3) is 7.01. The van der Waals surface area contributed by atoms with Gasteiger partial charge in [0.05, 0.1) is 47.0 Å². The zero-order valence-corrected chi connectivity index (χ0v) is 18.7. The predicted octanol–water partition coefficient (Wildman–Crippen LogP) is 3.49. The van der Waals surface area contributed by atoms with Gasteiger partial charge in [0.25, 0.3) is 0 Å². The second kappa shape index (κ2) is 12.0. The molecule has 168 valence electrons. The van der Waals surface area contributed by atoms with Gasteiger partial charge >= 0.3 is 5.97 Å². The summed E-state index contributed by atoms with van der Waals surface area (Å²) in [7, 11) is 6.11. The largest absolute Gasteiger partial charge is 0.612 e. The number of rotatable bonds is 12. The van der Waals surface area contributed by atoms with Crippen molar-refractivity contribution in [3.63, 3.8) is 0 Å². The first-order chi connectivity index (χ1) is 14.9. The van der Waals surface area contributed by atoms with Gasteiger partial charge in [-0.2, -0.15) is 0 Å². The number of ether oxygens (including phenoxy) is 5. The number of hydrogen-bond acceptors (Lipinski definition) is 7. The summed E-state index contributed by atoms with van der Waals surface area (Å²) in [5, 5.41) is 10.3. The van der Waals surface area contributed by atoms with E-state index in [0.29, 0.717) is 34.3 Å². The van der Waals surface area contributed by atoms with Crippen molar-refractivity contribution in [1.82, 2.24) is 0 Å². The Morgan fingerprint density at radius 1 is 0.968 bits per heavy atom. The Morgan fingerprint density at radius 3 is 2.16 bits per heavy atom. The maximum Gasteiger partial charge on any atom is 0.306 e. The molecular formula is C22H26O8S. The van der Waals surface area contributed by atoms with Crippen LogP contribution in [0.2, 0.25) is 0 Å². The van der Waals surface area contributed by atoms with Crippen molar-refractivity contribution in [3.8, 4) is 28.7 Å². The molecule has 0 aliphatic carbocycles. The molecule has 8 nitrogen and oxygen atoms in total. The molecular weight excluding hydrogens is 424 g/mol. The first-order valence-corrected chi connectivity index (χ1v) is 10.7. The number of methoxy groups -OCH3 is 4. The molecule has 0 spiro atoms. The fourth-order valence-corrected chi connectivity index (χ4v) is 3.62. The normalized spacial score (nSPS) is 11.8. The molecule has 1 N–H and O–H groups in total. The van der Waals surface area contributed by atoms with Crippen molar-refractivity contribution in [1.29, 1.82) is 0 Å². The summed E-state index contributed by atoms with van der Waals surface area (Å²) in [5.74, 6) is 1.80. The molecule has 0 fully saturated rings. The van der Waals surface area contributed by atoms with E-state index in [1.54, 1.807) is 48.9 Å². The van der Waals surface area contributed by atoms with Crippen molar-refractivity contribution in [2.24, 2.45) is 0 Å². The molecule has 2 aromatic rings. The maximum atomic E-state index is 12.6. The van der Waals surface area contributed by atoms with Gasteiger partial charge in [0.15, 0.2) is 11.5 Å². The summed E-state index contributed by atoms with van der Waals surface area (Å²) < 4.78 is 39.4. The van der Waals surface area contributed by atoms with Crippen molar-refractivity contribution in [2.45, 2.75) is 12.2 Å². The number of carbonyl (C=O) groups is 1. The highest BCUT2D eigenvalue weighted by atomic mass is 32.2. The van der Waals surface area contributed by atoms with Crippen molar-refractivity contribution < 1.29 is 38.1 Å². The van der Waals surface area contributed by atoms with E-state index in [2.05, 4.69) is 0 Å². The Bertz CT molecular complexity index is 887.